The summed E-state index contributed by atoms with van der Waals surface area (Å²) in [6, 6.07) is 4.38. The van der Waals surface area contributed by atoms with Gasteiger partial charge in [0.25, 0.3) is 0 Å². The zero-order valence-electron chi connectivity index (χ0n) is 9.46. The zero-order valence-corrected chi connectivity index (χ0v) is 9.46. The van der Waals surface area contributed by atoms with Gasteiger partial charge in [0.05, 0.1) is 7.11 Å². The molecule has 0 aliphatic rings. The van der Waals surface area contributed by atoms with Crippen LogP contribution < -0.4 is 10.5 Å². The third-order valence-electron chi connectivity index (χ3n) is 2.32. The average molecular weight is 211 g/mol. The van der Waals surface area contributed by atoms with E-state index >= 15 is 0 Å². The second-order valence-electron chi connectivity index (χ2n) is 4.12. The van der Waals surface area contributed by atoms with E-state index in [0.29, 0.717) is 11.7 Å². The minimum absolute atomic E-state index is 0.0967. The van der Waals surface area contributed by atoms with Crippen LogP contribution in [0.15, 0.2) is 18.2 Å². The van der Waals surface area contributed by atoms with Crippen molar-refractivity contribution in [2.24, 2.45) is 11.7 Å². The Morgan fingerprint density at radius 2 is 2.07 bits per heavy atom. The van der Waals surface area contributed by atoms with Crippen LogP contribution >= 0.6 is 0 Å². The number of hydrogen-bond donors (Lipinski definition) is 1. The highest BCUT2D eigenvalue weighted by Crippen LogP contribution is 2.28. The second kappa shape index (κ2) is 5.12. The van der Waals surface area contributed by atoms with Gasteiger partial charge in [-0.1, -0.05) is 19.9 Å². The first kappa shape index (κ1) is 12.0. The molecule has 0 spiro atoms. The number of hydrogen-bond acceptors (Lipinski definition) is 2. The number of ether oxygens (including phenoxy) is 1. The number of nitrogens with two attached hydrogens (primary N) is 1. The van der Waals surface area contributed by atoms with Gasteiger partial charge in [-0.25, -0.2) is 4.39 Å². The fourth-order valence-electron chi connectivity index (χ4n) is 1.63. The van der Waals surface area contributed by atoms with Gasteiger partial charge >= 0.3 is 0 Å². The second-order valence-corrected chi connectivity index (χ2v) is 4.12. The minimum atomic E-state index is -0.299. The summed E-state index contributed by atoms with van der Waals surface area (Å²) in [5, 5.41) is 0. The lowest BCUT2D eigenvalue weighted by Crippen LogP contribution is -2.14. The molecule has 0 saturated heterocycles. The SMILES string of the molecule is COc1cc(F)ccc1[C@@H](N)CC(C)C. The van der Waals surface area contributed by atoms with E-state index in [4.69, 9.17) is 10.5 Å². The highest BCUT2D eigenvalue weighted by Gasteiger charge is 2.13. The summed E-state index contributed by atoms with van der Waals surface area (Å²) in [6.45, 7) is 4.21. The van der Waals surface area contributed by atoms with Gasteiger partial charge in [-0.2, -0.15) is 0 Å². The molecular formula is C12H18FNO. The van der Waals surface area contributed by atoms with Crippen LogP contribution in [0.1, 0.15) is 31.9 Å². The van der Waals surface area contributed by atoms with Crippen molar-refractivity contribution in [1.82, 2.24) is 0 Å². The number of benzene rings is 1. The van der Waals surface area contributed by atoms with Crippen molar-refractivity contribution in [3.05, 3.63) is 29.6 Å². The van der Waals surface area contributed by atoms with Gasteiger partial charge in [0.1, 0.15) is 11.6 Å². The Bertz CT molecular complexity index is 325. The number of rotatable bonds is 4. The molecule has 0 radical (unpaired) electrons. The Kier molecular flexibility index (Phi) is 4.09. The van der Waals surface area contributed by atoms with Crippen molar-refractivity contribution in [2.75, 3.05) is 7.11 Å². The fourth-order valence-corrected chi connectivity index (χ4v) is 1.63. The van der Waals surface area contributed by atoms with Crippen molar-refractivity contribution in [1.29, 1.82) is 0 Å². The molecule has 3 heteroatoms. The van der Waals surface area contributed by atoms with Crippen LogP contribution in [0, 0.1) is 11.7 Å². The molecular weight excluding hydrogens is 193 g/mol. The van der Waals surface area contributed by atoms with Crippen molar-refractivity contribution >= 4 is 0 Å². The van der Waals surface area contributed by atoms with E-state index in [1.807, 2.05) is 0 Å². The summed E-state index contributed by atoms with van der Waals surface area (Å²) < 4.78 is 18.0. The summed E-state index contributed by atoms with van der Waals surface area (Å²) in [7, 11) is 1.53. The van der Waals surface area contributed by atoms with Crippen molar-refractivity contribution in [2.45, 2.75) is 26.3 Å². The van der Waals surface area contributed by atoms with E-state index < -0.39 is 0 Å². The summed E-state index contributed by atoms with van der Waals surface area (Å²) in [5.74, 6) is 0.741. The molecule has 2 nitrogen and oxygen atoms in total. The van der Waals surface area contributed by atoms with Crippen molar-refractivity contribution in [3.63, 3.8) is 0 Å². The lowest BCUT2D eigenvalue weighted by Gasteiger charge is -2.17. The van der Waals surface area contributed by atoms with Gasteiger partial charge in [-0.05, 0) is 18.4 Å². The maximum absolute atomic E-state index is 12.9. The van der Waals surface area contributed by atoms with E-state index in [0.717, 1.165) is 12.0 Å². The first-order chi connectivity index (χ1) is 7.04. The molecule has 84 valence electrons. The highest BCUT2D eigenvalue weighted by molar-refractivity contribution is 5.36. The maximum Gasteiger partial charge on any atom is 0.126 e. The number of halogens is 1. The van der Waals surface area contributed by atoms with E-state index in [1.54, 1.807) is 6.07 Å². The van der Waals surface area contributed by atoms with Gasteiger partial charge in [-0.3, -0.25) is 0 Å². The Morgan fingerprint density at radius 3 is 2.60 bits per heavy atom. The predicted molar refractivity (Wildman–Crippen MR) is 59.3 cm³/mol. The molecule has 0 aliphatic carbocycles. The van der Waals surface area contributed by atoms with Crippen LogP contribution in [0.2, 0.25) is 0 Å². The van der Waals surface area contributed by atoms with Gasteiger partial charge in [0.15, 0.2) is 0 Å². The van der Waals surface area contributed by atoms with Crippen LogP contribution in [0.4, 0.5) is 4.39 Å². The van der Waals surface area contributed by atoms with Gasteiger partial charge in [0, 0.05) is 17.7 Å². The first-order valence-corrected chi connectivity index (χ1v) is 5.13. The molecule has 0 aliphatic heterocycles. The van der Waals surface area contributed by atoms with Crippen LogP contribution in [-0.4, -0.2) is 7.11 Å². The topological polar surface area (TPSA) is 35.2 Å². The zero-order chi connectivity index (χ0) is 11.4. The molecule has 0 unspecified atom stereocenters. The van der Waals surface area contributed by atoms with Crippen LogP contribution in [-0.2, 0) is 0 Å². The highest BCUT2D eigenvalue weighted by atomic mass is 19.1. The van der Waals surface area contributed by atoms with Crippen molar-refractivity contribution < 1.29 is 9.13 Å². The molecule has 1 aromatic rings. The smallest absolute Gasteiger partial charge is 0.126 e. The Hall–Kier alpha value is -1.09. The third-order valence-corrected chi connectivity index (χ3v) is 2.32. The van der Waals surface area contributed by atoms with Gasteiger partial charge in [0.2, 0.25) is 0 Å². The average Bonchev–Trinajstić information content (AvgIpc) is 2.16. The molecule has 1 aromatic carbocycles. The normalized spacial score (nSPS) is 12.9. The maximum atomic E-state index is 12.9. The van der Waals surface area contributed by atoms with Gasteiger partial charge < -0.3 is 10.5 Å². The monoisotopic (exact) mass is 211 g/mol. The van der Waals surface area contributed by atoms with E-state index in [1.165, 1.54) is 19.2 Å². The first-order valence-electron chi connectivity index (χ1n) is 5.13. The Morgan fingerprint density at radius 1 is 1.40 bits per heavy atom. The van der Waals surface area contributed by atoms with Crippen LogP contribution in [0.5, 0.6) is 5.75 Å². The van der Waals surface area contributed by atoms with Crippen LogP contribution in [0.25, 0.3) is 0 Å². The Labute approximate surface area is 90.2 Å². The number of methoxy groups -OCH3 is 1. The molecule has 0 fully saturated rings. The van der Waals surface area contributed by atoms with Crippen LogP contribution in [0.3, 0.4) is 0 Å². The van der Waals surface area contributed by atoms with Crippen molar-refractivity contribution in [3.8, 4) is 5.75 Å². The van der Waals surface area contributed by atoms with Gasteiger partial charge in [-0.15, -0.1) is 0 Å². The molecule has 0 heterocycles. The summed E-state index contributed by atoms with van der Waals surface area (Å²) >= 11 is 0. The lowest BCUT2D eigenvalue weighted by molar-refractivity contribution is 0.396. The molecule has 0 amide bonds. The summed E-state index contributed by atoms with van der Waals surface area (Å²) in [5.41, 5.74) is 6.89. The molecule has 15 heavy (non-hydrogen) atoms. The standard InChI is InChI=1S/C12H18FNO/c1-8(2)6-11(14)10-5-4-9(13)7-12(10)15-3/h4-5,7-8,11H,6,14H2,1-3H3/t11-/m0/s1. The Balaban J connectivity index is 2.92. The fraction of sp³-hybridized carbons (Fsp3) is 0.500. The molecule has 2 N–H and O–H groups in total. The van der Waals surface area contributed by atoms with E-state index in [-0.39, 0.29) is 11.9 Å². The quantitative estimate of drug-likeness (QED) is 0.831. The summed E-state index contributed by atoms with van der Waals surface area (Å²) in [4.78, 5) is 0. The molecule has 0 bridgehead atoms. The molecule has 1 rings (SSSR count). The lowest BCUT2D eigenvalue weighted by atomic mass is 9.97. The van der Waals surface area contributed by atoms with E-state index in [2.05, 4.69) is 13.8 Å². The molecule has 1 atom stereocenters. The molecule has 0 saturated carbocycles. The van der Waals surface area contributed by atoms with E-state index in [9.17, 15) is 4.39 Å². The minimum Gasteiger partial charge on any atom is -0.496 e. The molecule has 0 aromatic heterocycles. The third kappa shape index (κ3) is 3.20. The largest absolute Gasteiger partial charge is 0.496 e. The predicted octanol–water partition coefficient (Wildman–Crippen LogP) is 2.88. The summed E-state index contributed by atoms with van der Waals surface area (Å²) in [6.07, 6.45) is 0.863.